The second-order valence-electron chi connectivity index (χ2n) is 5.94. The second-order valence-corrected chi connectivity index (χ2v) is 8.78. The van der Waals surface area contributed by atoms with Gasteiger partial charge >= 0.3 is 100 Å². The van der Waals surface area contributed by atoms with Gasteiger partial charge in [-0.2, -0.15) is 21.9 Å². The third-order valence-corrected chi connectivity index (χ3v) is 5.55. The minimum Gasteiger partial charge on any atom is -1.00 e. The summed E-state index contributed by atoms with van der Waals surface area (Å²) in [7, 11) is -8.89. The summed E-state index contributed by atoms with van der Waals surface area (Å²) in [6.07, 6.45) is -1.77. The number of ether oxygens (including phenoxy) is 1. The van der Waals surface area contributed by atoms with E-state index in [1.807, 2.05) is 0 Å². The van der Waals surface area contributed by atoms with Crippen molar-refractivity contribution in [1.29, 1.82) is 0 Å². The third kappa shape index (κ3) is 8.89. The van der Waals surface area contributed by atoms with Crippen molar-refractivity contribution in [2.24, 2.45) is 10.2 Å². The fourth-order valence-electron chi connectivity index (χ4n) is 2.40. The molecule has 2 aromatic carbocycles. The number of azo groups is 1. The molecule has 0 aliphatic heterocycles. The van der Waals surface area contributed by atoms with Gasteiger partial charge in [0.2, 0.25) is 5.69 Å². The molecule has 0 fully saturated rings. The van der Waals surface area contributed by atoms with Crippen molar-refractivity contribution < 1.29 is 134 Å². The average Bonchev–Trinajstić information content (AvgIpc) is 3.00. The first-order valence-electron chi connectivity index (χ1n) is 8.19. The summed E-state index contributed by atoms with van der Waals surface area (Å²) in [6.45, 7) is 0. The largest absolute Gasteiger partial charge is 1.00 e. The number of carbonyl (C=O) groups is 1. The van der Waals surface area contributed by atoms with E-state index in [2.05, 4.69) is 20.1 Å². The summed E-state index contributed by atoms with van der Waals surface area (Å²) in [4.78, 5) is 22.8. The predicted octanol–water partition coefficient (Wildman–Crippen LogP) is -6.52. The van der Waals surface area contributed by atoms with Gasteiger partial charge in [0.15, 0.2) is 0 Å². The van der Waals surface area contributed by atoms with Crippen LogP contribution in [0, 0.1) is 0 Å². The molecule has 0 saturated heterocycles. The maximum atomic E-state index is 12.7. The van der Waals surface area contributed by atoms with Crippen LogP contribution in [-0.2, 0) is 20.2 Å². The first kappa shape index (κ1) is 34.1. The van der Waals surface area contributed by atoms with Gasteiger partial charge in [-0.15, -0.1) is 5.11 Å². The molecule has 4 N–H and O–H groups in total. The minimum atomic E-state index is -4.47. The van der Waals surface area contributed by atoms with Crippen LogP contribution in [0.3, 0.4) is 0 Å². The van der Waals surface area contributed by atoms with E-state index >= 15 is 0 Å². The molecular formula is C16H15N4Na3O10S2. The van der Waals surface area contributed by atoms with Crippen LogP contribution in [0.5, 0.6) is 5.88 Å². The molecule has 0 unspecified atom stereocenters. The van der Waals surface area contributed by atoms with E-state index in [9.17, 15) is 26.4 Å². The smallest absolute Gasteiger partial charge is 1.00 e. The Balaban J connectivity index is -0.000000963. The molecular weight excluding hydrogens is 541 g/mol. The number of carboxylic acid groups (broad SMARTS) is 1. The van der Waals surface area contributed by atoms with Crippen molar-refractivity contribution >= 4 is 37.8 Å². The summed E-state index contributed by atoms with van der Waals surface area (Å²) in [6, 6.07) is 8.73. The molecule has 0 radical (unpaired) electrons. The second kappa shape index (κ2) is 13.6. The van der Waals surface area contributed by atoms with Gasteiger partial charge in [0, 0.05) is 0 Å². The van der Waals surface area contributed by atoms with E-state index in [0.29, 0.717) is 0 Å². The monoisotopic (exact) mass is 556 g/mol. The molecule has 0 atom stereocenters. The Morgan fingerprint density at radius 3 is 1.74 bits per heavy atom. The zero-order chi connectivity index (χ0) is 23.7. The number of nitrogens with one attached hydrogen (secondary N) is 1. The molecule has 0 aliphatic carbocycles. The molecule has 174 valence electrons. The van der Waals surface area contributed by atoms with Gasteiger partial charge < -0.3 is 14.1 Å². The molecule has 0 aliphatic rings. The molecule has 19 heteroatoms. The van der Waals surface area contributed by atoms with Gasteiger partial charge in [0.25, 0.3) is 26.1 Å². The molecule has 35 heavy (non-hydrogen) atoms. The van der Waals surface area contributed by atoms with Crippen LogP contribution in [-0.4, -0.2) is 47.0 Å². The Labute approximate surface area is 268 Å². The number of aromatic amines is 1. The predicted molar refractivity (Wildman–Crippen MR) is 109 cm³/mol. The third-order valence-electron chi connectivity index (χ3n) is 3.82. The van der Waals surface area contributed by atoms with Crippen LogP contribution in [0.4, 0.5) is 16.2 Å². The van der Waals surface area contributed by atoms with Gasteiger partial charge in [0.05, 0.1) is 21.2 Å². The molecule has 1 aromatic heterocycles. The molecule has 0 saturated carbocycles. The van der Waals surface area contributed by atoms with E-state index in [4.69, 9.17) is 14.2 Å². The van der Waals surface area contributed by atoms with Crippen LogP contribution in [0.2, 0.25) is 0 Å². The van der Waals surface area contributed by atoms with Crippen LogP contribution in [0.25, 0.3) is 5.69 Å². The number of aromatic nitrogens is 2. The Morgan fingerprint density at radius 2 is 1.31 bits per heavy atom. The van der Waals surface area contributed by atoms with E-state index in [0.717, 1.165) is 41.1 Å². The Kier molecular flexibility index (Phi) is 13.3. The normalized spacial score (nSPS) is 11.1. The fourth-order valence-corrected chi connectivity index (χ4v) is 3.36. The van der Waals surface area contributed by atoms with Crippen molar-refractivity contribution in [2.75, 3.05) is 0 Å². The van der Waals surface area contributed by atoms with Crippen LogP contribution >= 0.6 is 0 Å². The zero-order valence-corrected chi connectivity index (χ0v) is 26.1. The quantitative estimate of drug-likeness (QED) is 0.0974. The Hall–Kier alpha value is -0.860. The molecule has 0 bridgehead atoms. The SMILES string of the molecule is O=C(O)Oc1[nH]n(-c2ccc(S(=O)(=O)O)cc2)c(=O)c1N=Nc1ccc(S(=O)(=O)O)cc1.[H-].[H-].[H-].[Na+].[Na+].[Na+]. The summed E-state index contributed by atoms with van der Waals surface area (Å²) in [5, 5.41) is 18.6. The van der Waals surface area contributed by atoms with Gasteiger partial charge in [0.1, 0.15) is 0 Å². The fraction of sp³-hybridized carbons (Fsp3) is 0. The first-order chi connectivity index (χ1) is 14.9. The zero-order valence-electron chi connectivity index (χ0n) is 21.5. The number of nitrogens with zero attached hydrogens (tertiary/aromatic N) is 3. The minimum absolute atomic E-state index is 0. The summed E-state index contributed by atoms with van der Waals surface area (Å²) in [5.74, 6) is -0.598. The van der Waals surface area contributed by atoms with Gasteiger partial charge in [-0.25, -0.2) is 9.48 Å². The average molecular weight is 556 g/mol. The van der Waals surface area contributed by atoms with Gasteiger partial charge in [-0.05, 0) is 48.5 Å². The van der Waals surface area contributed by atoms with E-state index in [-0.39, 0.29) is 104 Å². The maximum Gasteiger partial charge on any atom is 1.00 e. The number of benzene rings is 2. The summed E-state index contributed by atoms with van der Waals surface area (Å²) < 4.78 is 67.7. The van der Waals surface area contributed by atoms with Crippen molar-refractivity contribution in [3.8, 4) is 11.6 Å². The topological polar surface area (TPSA) is 218 Å². The van der Waals surface area contributed by atoms with Crippen molar-refractivity contribution in [2.45, 2.75) is 9.79 Å². The van der Waals surface area contributed by atoms with Crippen molar-refractivity contribution in [3.05, 3.63) is 58.9 Å². The summed E-state index contributed by atoms with van der Waals surface area (Å²) >= 11 is 0. The molecule has 14 nitrogen and oxygen atoms in total. The van der Waals surface area contributed by atoms with Crippen LogP contribution in [0.15, 0.2) is 73.3 Å². The molecule has 3 rings (SSSR count). The molecule has 1 heterocycles. The summed E-state index contributed by atoms with van der Waals surface area (Å²) in [5.41, 5.74) is -1.37. The molecule has 0 spiro atoms. The first-order valence-corrected chi connectivity index (χ1v) is 11.1. The van der Waals surface area contributed by atoms with Crippen molar-refractivity contribution in [3.63, 3.8) is 0 Å². The van der Waals surface area contributed by atoms with E-state index in [1.165, 1.54) is 12.1 Å². The maximum absolute atomic E-state index is 12.7. The number of rotatable bonds is 6. The number of hydrogen-bond donors (Lipinski definition) is 4. The Morgan fingerprint density at radius 1 is 0.857 bits per heavy atom. The molecule has 0 amide bonds. The standard InChI is InChI=1S/C16H12N4O10S2.3Na.3H/c21-15-13(18-17-9-1-5-11(6-2-9)31(24,25)26)14(30-16(22)23)19-20(15)10-3-7-12(8-4-10)32(27,28)29;;;;;;/h1-8,19H,(H,22,23)(H,24,25,26)(H,27,28,29);;;;;;/q;3*+1;3*-1. The number of hydrogen-bond acceptors (Lipinski definition) is 9. The van der Waals surface area contributed by atoms with E-state index < -0.39 is 53.3 Å². The van der Waals surface area contributed by atoms with Crippen molar-refractivity contribution in [1.82, 2.24) is 9.78 Å². The molecule has 3 aromatic rings. The van der Waals surface area contributed by atoms with Gasteiger partial charge in [-0.3, -0.25) is 19.0 Å². The Bertz CT molecular complexity index is 1500. The van der Waals surface area contributed by atoms with Crippen LogP contribution < -0.4 is 99.0 Å². The van der Waals surface area contributed by atoms with Gasteiger partial charge in [-0.1, -0.05) is 0 Å². The van der Waals surface area contributed by atoms with Crippen LogP contribution in [0.1, 0.15) is 4.28 Å². The van der Waals surface area contributed by atoms with E-state index in [1.54, 1.807) is 0 Å². The number of H-pyrrole nitrogens is 1.